The summed E-state index contributed by atoms with van der Waals surface area (Å²) < 4.78 is 4.27. The van der Waals surface area contributed by atoms with Crippen molar-refractivity contribution in [3.63, 3.8) is 0 Å². The van der Waals surface area contributed by atoms with Crippen molar-refractivity contribution in [1.29, 1.82) is 5.41 Å². The molecule has 0 atom stereocenters. The number of rotatable bonds is 2. The second-order valence-electron chi connectivity index (χ2n) is 6.87. The van der Waals surface area contributed by atoms with E-state index in [1.165, 1.54) is 37.8 Å². The molecular weight excluding hydrogens is 296 g/mol. The fourth-order valence-corrected chi connectivity index (χ4v) is 4.03. The molecule has 1 aliphatic rings. The first-order chi connectivity index (χ1) is 11.7. The van der Waals surface area contributed by atoms with Gasteiger partial charge in [0.05, 0.1) is 11.7 Å². The summed E-state index contributed by atoms with van der Waals surface area (Å²) in [7, 11) is 0. The standard InChI is InChI=1S/C20H24N4/c1-14-15(2)24(17-11-7-4-8-12-17)20-18(14)19(21)23(13-22-20)16-9-5-3-6-10-16/h4,7-8,11-13,16,21H,3,5-6,9-10H2,1-2H3. The Labute approximate surface area is 142 Å². The van der Waals surface area contributed by atoms with E-state index in [4.69, 9.17) is 10.4 Å². The van der Waals surface area contributed by atoms with E-state index < -0.39 is 0 Å². The number of aromatic nitrogens is 3. The van der Waals surface area contributed by atoms with E-state index in [2.05, 4.69) is 35.1 Å². The summed E-state index contributed by atoms with van der Waals surface area (Å²) in [5.41, 5.74) is 4.95. The number of benzene rings is 1. The number of hydrogen-bond donors (Lipinski definition) is 1. The molecule has 0 amide bonds. The third-order valence-electron chi connectivity index (χ3n) is 5.47. The lowest BCUT2D eigenvalue weighted by atomic mass is 9.95. The van der Waals surface area contributed by atoms with Crippen molar-refractivity contribution in [2.75, 3.05) is 0 Å². The fourth-order valence-electron chi connectivity index (χ4n) is 4.03. The first kappa shape index (κ1) is 15.2. The van der Waals surface area contributed by atoms with Gasteiger partial charge in [-0.25, -0.2) is 4.98 Å². The van der Waals surface area contributed by atoms with Gasteiger partial charge in [0.1, 0.15) is 11.1 Å². The van der Waals surface area contributed by atoms with Crippen molar-refractivity contribution in [2.24, 2.45) is 0 Å². The van der Waals surface area contributed by atoms with Gasteiger partial charge in [-0.05, 0) is 44.4 Å². The lowest BCUT2D eigenvalue weighted by Gasteiger charge is -2.24. The molecule has 1 N–H and O–H groups in total. The van der Waals surface area contributed by atoms with Crippen LogP contribution >= 0.6 is 0 Å². The number of nitrogens with one attached hydrogen (secondary N) is 1. The topological polar surface area (TPSA) is 46.6 Å². The molecule has 24 heavy (non-hydrogen) atoms. The second-order valence-corrected chi connectivity index (χ2v) is 6.87. The van der Waals surface area contributed by atoms with E-state index >= 15 is 0 Å². The lowest BCUT2D eigenvalue weighted by molar-refractivity contribution is 0.341. The van der Waals surface area contributed by atoms with Crippen LogP contribution in [0.25, 0.3) is 16.7 Å². The summed E-state index contributed by atoms with van der Waals surface area (Å²) in [6.45, 7) is 4.23. The predicted molar refractivity (Wildman–Crippen MR) is 96.5 cm³/mol. The highest BCUT2D eigenvalue weighted by atomic mass is 15.1. The Hall–Kier alpha value is -2.36. The molecule has 124 valence electrons. The van der Waals surface area contributed by atoms with Gasteiger partial charge in [-0.2, -0.15) is 0 Å². The zero-order valence-corrected chi connectivity index (χ0v) is 14.4. The second kappa shape index (κ2) is 5.93. The summed E-state index contributed by atoms with van der Waals surface area (Å²) in [5, 5.41) is 9.79. The molecule has 2 aromatic heterocycles. The Kier molecular flexibility index (Phi) is 3.75. The summed E-state index contributed by atoms with van der Waals surface area (Å²) in [4.78, 5) is 4.78. The fraction of sp³-hybridized carbons (Fsp3) is 0.400. The van der Waals surface area contributed by atoms with Gasteiger partial charge in [0.2, 0.25) is 0 Å². The number of hydrogen-bond acceptors (Lipinski definition) is 2. The number of para-hydroxylation sites is 1. The van der Waals surface area contributed by atoms with Gasteiger partial charge in [-0.3, -0.25) is 9.98 Å². The van der Waals surface area contributed by atoms with E-state index in [0.29, 0.717) is 11.5 Å². The zero-order chi connectivity index (χ0) is 16.7. The van der Waals surface area contributed by atoms with E-state index in [-0.39, 0.29) is 0 Å². The molecule has 0 aliphatic heterocycles. The largest absolute Gasteiger partial charge is 0.314 e. The van der Waals surface area contributed by atoms with E-state index in [0.717, 1.165) is 22.3 Å². The van der Waals surface area contributed by atoms with Crippen molar-refractivity contribution in [3.05, 3.63) is 53.4 Å². The van der Waals surface area contributed by atoms with Gasteiger partial charge in [-0.15, -0.1) is 0 Å². The minimum atomic E-state index is 0.433. The Bertz CT molecular complexity index is 928. The van der Waals surface area contributed by atoms with E-state index in [9.17, 15) is 0 Å². The van der Waals surface area contributed by atoms with Crippen molar-refractivity contribution in [1.82, 2.24) is 14.1 Å². The van der Waals surface area contributed by atoms with Gasteiger partial charge in [0, 0.05) is 17.4 Å². The number of aryl methyl sites for hydroxylation is 1. The maximum atomic E-state index is 8.80. The van der Waals surface area contributed by atoms with Crippen LogP contribution in [0.5, 0.6) is 0 Å². The monoisotopic (exact) mass is 320 g/mol. The van der Waals surface area contributed by atoms with Gasteiger partial charge in [0.15, 0.2) is 0 Å². The van der Waals surface area contributed by atoms with Crippen LogP contribution in [0.1, 0.15) is 49.4 Å². The SMILES string of the molecule is Cc1c(C)n(-c2ccccc2)c2ncn(C3CCCCC3)c(=N)c12. The molecule has 1 aliphatic carbocycles. The van der Waals surface area contributed by atoms with Crippen LogP contribution in [0.3, 0.4) is 0 Å². The maximum absolute atomic E-state index is 8.80. The summed E-state index contributed by atoms with van der Waals surface area (Å²) in [6.07, 6.45) is 8.07. The molecule has 4 nitrogen and oxygen atoms in total. The van der Waals surface area contributed by atoms with E-state index in [1.807, 2.05) is 24.5 Å². The molecule has 1 aromatic carbocycles. The molecule has 0 unspecified atom stereocenters. The highest BCUT2D eigenvalue weighted by molar-refractivity contribution is 5.82. The maximum Gasteiger partial charge on any atom is 0.150 e. The first-order valence-electron chi connectivity index (χ1n) is 8.87. The molecule has 0 spiro atoms. The smallest absolute Gasteiger partial charge is 0.150 e. The molecule has 2 heterocycles. The first-order valence-corrected chi connectivity index (χ1v) is 8.87. The Morgan fingerprint density at radius 2 is 1.75 bits per heavy atom. The summed E-state index contributed by atoms with van der Waals surface area (Å²) in [5.74, 6) is 0. The van der Waals surface area contributed by atoms with Gasteiger partial charge in [0.25, 0.3) is 0 Å². The van der Waals surface area contributed by atoms with Gasteiger partial charge in [-0.1, -0.05) is 37.5 Å². The van der Waals surface area contributed by atoms with Crippen LogP contribution in [0.15, 0.2) is 36.7 Å². The molecule has 4 heteroatoms. The Morgan fingerprint density at radius 1 is 1.04 bits per heavy atom. The molecule has 1 fully saturated rings. The summed E-state index contributed by atoms with van der Waals surface area (Å²) >= 11 is 0. The average molecular weight is 320 g/mol. The number of nitrogens with zero attached hydrogens (tertiary/aromatic N) is 3. The van der Waals surface area contributed by atoms with Crippen LogP contribution in [0.4, 0.5) is 0 Å². The highest BCUT2D eigenvalue weighted by Gasteiger charge is 2.20. The van der Waals surface area contributed by atoms with Crippen LogP contribution in [-0.2, 0) is 0 Å². The average Bonchev–Trinajstić information content (AvgIpc) is 2.88. The Balaban J connectivity index is 1.94. The molecule has 4 rings (SSSR count). The molecule has 3 aromatic rings. The highest BCUT2D eigenvalue weighted by Crippen LogP contribution is 2.29. The van der Waals surface area contributed by atoms with Crippen molar-refractivity contribution < 1.29 is 0 Å². The number of fused-ring (bicyclic) bond motifs is 1. The molecule has 0 radical (unpaired) electrons. The molecule has 1 saturated carbocycles. The third kappa shape index (κ3) is 2.29. The molecular formula is C20H24N4. The normalized spacial score (nSPS) is 15.9. The predicted octanol–water partition coefficient (Wildman–Crippen LogP) is 4.43. The van der Waals surface area contributed by atoms with E-state index in [1.54, 1.807) is 0 Å². The molecule has 0 saturated heterocycles. The zero-order valence-electron chi connectivity index (χ0n) is 14.4. The minimum Gasteiger partial charge on any atom is -0.314 e. The van der Waals surface area contributed by atoms with Crippen LogP contribution in [0, 0.1) is 19.3 Å². The van der Waals surface area contributed by atoms with Crippen LogP contribution in [0.2, 0.25) is 0 Å². The minimum absolute atomic E-state index is 0.433. The van der Waals surface area contributed by atoms with Crippen LogP contribution < -0.4 is 5.49 Å². The third-order valence-corrected chi connectivity index (χ3v) is 5.47. The lowest BCUT2D eigenvalue weighted by Crippen LogP contribution is -2.27. The van der Waals surface area contributed by atoms with Crippen LogP contribution in [-0.4, -0.2) is 14.1 Å². The Morgan fingerprint density at radius 3 is 2.46 bits per heavy atom. The van der Waals surface area contributed by atoms with Gasteiger partial charge >= 0.3 is 0 Å². The summed E-state index contributed by atoms with van der Waals surface area (Å²) in [6, 6.07) is 10.7. The quantitative estimate of drug-likeness (QED) is 0.746. The van der Waals surface area contributed by atoms with Crippen molar-refractivity contribution in [3.8, 4) is 5.69 Å². The molecule has 0 bridgehead atoms. The van der Waals surface area contributed by atoms with Gasteiger partial charge < -0.3 is 4.57 Å². The van der Waals surface area contributed by atoms with Crippen molar-refractivity contribution in [2.45, 2.75) is 52.0 Å². The van der Waals surface area contributed by atoms with Crippen molar-refractivity contribution >= 4 is 11.0 Å².